The Kier molecular flexibility index (Phi) is 4.62. The second-order valence-electron chi connectivity index (χ2n) is 3.87. The van der Waals surface area contributed by atoms with E-state index in [1.54, 1.807) is 0 Å². The molecule has 1 aliphatic rings. The number of amides is 2. The van der Waals surface area contributed by atoms with Gasteiger partial charge in [-0.3, -0.25) is 19.7 Å². The summed E-state index contributed by atoms with van der Waals surface area (Å²) in [6.45, 7) is 0. The monoisotopic (exact) mass is 241 g/mol. The molecule has 4 N–H and O–H groups in total. The molecule has 1 heterocycles. The summed E-state index contributed by atoms with van der Waals surface area (Å²) in [5.74, 6) is -2.74. The van der Waals surface area contributed by atoms with E-state index in [0.29, 0.717) is 25.7 Å². The summed E-state index contributed by atoms with van der Waals surface area (Å²) in [4.78, 5) is 36.5. The van der Waals surface area contributed by atoms with Crippen LogP contribution >= 0.6 is 0 Å². The van der Waals surface area contributed by atoms with Crippen molar-refractivity contribution in [2.24, 2.45) is 16.6 Å². The Balaban J connectivity index is 2.30. The van der Waals surface area contributed by atoms with Crippen LogP contribution in [-0.4, -0.2) is 28.8 Å². The summed E-state index contributed by atoms with van der Waals surface area (Å²) in [5, 5.41) is 10.7. The number of carboxylic acid groups (broad SMARTS) is 1. The molecular weight excluding hydrogens is 226 g/mol. The fourth-order valence-electron chi connectivity index (χ4n) is 1.61. The highest BCUT2D eigenvalue weighted by molar-refractivity contribution is 6.14. The molecule has 0 aromatic carbocycles. The second-order valence-corrected chi connectivity index (χ2v) is 3.87. The molecule has 7 nitrogen and oxygen atoms in total. The van der Waals surface area contributed by atoms with Gasteiger partial charge >= 0.3 is 5.97 Å². The largest absolute Gasteiger partial charge is 0.481 e. The lowest BCUT2D eigenvalue weighted by molar-refractivity contribution is -0.137. The van der Waals surface area contributed by atoms with Crippen molar-refractivity contribution in [2.75, 3.05) is 0 Å². The Bertz CT molecular complexity index is 365. The smallest absolute Gasteiger partial charge is 0.303 e. The van der Waals surface area contributed by atoms with Gasteiger partial charge < -0.3 is 10.8 Å². The van der Waals surface area contributed by atoms with Gasteiger partial charge in [0.1, 0.15) is 5.92 Å². The maximum Gasteiger partial charge on any atom is 0.303 e. The summed E-state index contributed by atoms with van der Waals surface area (Å²) in [6, 6.07) is 0. The Morgan fingerprint density at radius 2 is 2.06 bits per heavy atom. The van der Waals surface area contributed by atoms with Crippen molar-refractivity contribution in [3.63, 3.8) is 0 Å². The first-order valence-corrected chi connectivity index (χ1v) is 5.41. The number of nitrogens with zero attached hydrogens (tertiary/aromatic N) is 1. The van der Waals surface area contributed by atoms with Crippen LogP contribution in [0.1, 0.15) is 32.1 Å². The van der Waals surface area contributed by atoms with Gasteiger partial charge in [0.2, 0.25) is 11.9 Å². The molecule has 0 saturated heterocycles. The lowest BCUT2D eigenvalue weighted by Crippen LogP contribution is -2.47. The fourth-order valence-corrected chi connectivity index (χ4v) is 1.61. The van der Waals surface area contributed by atoms with Gasteiger partial charge in [-0.1, -0.05) is 12.8 Å². The molecule has 17 heavy (non-hydrogen) atoms. The summed E-state index contributed by atoms with van der Waals surface area (Å²) in [5.41, 5.74) is 5.22. The predicted molar refractivity (Wildman–Crippen MR) is 59.0 cm³/mol. The minimum atomic E-state index is -0.839. The van der Waals surface area contributed by atoms with Crippen LogP contribution in [0.5, 0.6) is 0 Å². The number of aliphatic imine (C=N–C) groups is 1. The van der Waals surface area contributed by atoms with E-state index in [-0.39, 0.29) is 12.4 Å². The maximum atomic E-state index is 11.4. The second kappa shape index (κ2) is 5.97. The van der Waals surface area contributed by atoms with Crippen LogP contribution < -0.4 is 11.1 Å². The minimum absolute atomic E-state index is 0.107. The van der Waals surface area contributed by atoms with Gasteiger partial charge in [0.15, 0.2) is 0 Å². The third-order valence-electron chi connectivity index (χ3n) is 2.48. The van der Waals surface area contributed by atoms with Gasteiger partial charge in [-0.25, -0.2) is 0 Å². The molecule has 94 valence electrons. The van der Waals surface area contributed by atoms with Crippen molar-refractivity contribution >= 4 is 23.7 Å². The average Bonchev–Trinajstić information content (AvgIpc) is 2.20. The first kappa shape index (κ1) is 13.1. The van der Waals surface area contributed by atoms with Crippen molar-refractivity contribution in [2.45, 2.75) is 32.1 Å². The van der Waals surface area contributed by atoms with Crippen molar-refractivity contribution in [1.82, 2.24) is 5.32 Å². The molecule has 0 radical (unpaired) electrons. The van der Waals surface area contributed by atoms with Gasteiger partial charge in [0, 0.05) is 6.42 Å². The van der Waals surface area contributed by atoms with E-state index in [4.69, 9.17) is 10.8 Å². The highest BCUT2D eigenvalue weighted by atomic mass is 16.4. The van der Waals surface area contributed by atoms with Gasteiger partial charge in [0.25, 0.3) is 5.91 Å². The molecule has 0 fully saturated rings. The normalized spacial score (nSPS) is 19.8. The number of unbranched alkanes of at least 4 members (excludes halogenated alkanes) is 2. The quantitative estimate of drug-likeness (QED) is 0.431. The lowest BCUT2D eigenvalue weighted by atomic mass is 9.98. The lowest BCUT2D eigenvalue weighted by Gasteiger charge is -2.17. The maximum absolute atomic E-state index is 11.4. The third-order valence-corrected chi connectivity index (χ3v) is 2.48. The van der Waals surface area contributed by atoms with Crippen LogP contribution in [0.4, 0.5) is 0 Å². The molecule has 1 aliphatic heterocycles. The zero-order chi connectivity index (χ0) is 12.8. The number of aliphatic carboxylic acids is 1. The Labute approximate surface area is 98.1 Å². The molecule has 1 atom stereocenters. The van der Waals surface area contributed by atoms with Crippen LogP contribution in [0.15, 0.2) is 4.99 Å². The number of carbonyl (C=O) groups is 3. The number of nitrogens with two attached hydrogens (primary N) is 1. The van der Waals surface area contributed by atoms with Gasteiger partial charge in [-0.15, -0.1) is 0 Å². The summed E-state index contributed by atoms with van der Waals surface area (Å²) in [7, 11) is 0. The molecule has 0 spiro atoms. The van der Waals surface area contributed by atoms with Gasteiger partial charge in [-0.05, 0) is 12.8 Å². The van der Waals surface area contributed by atoms with Crippen molar-refractivity contribution in [3.05, 3.63) is 0 Å². The fraction of sp³-hybridized carbons (Fsp3) is 0.600. The Hall–Kier alpha value is -1.92. The van der Waals surface area contributed by atoms with Crippen LogP contribution in [0.3, 0.4) is 0 Å². The SMILES string of the molecule is NC1=NC(=O)C(CCCCCC(=O)O)C(=O)N1. The molecule has 0 aliphatic carbocycles. The van der Waals surface area contributed by atoms with E-state index < -0.39 is 23.7 Å². The van der Waals surface area contributed by atoms with Crippen molar-refractivity contribution < 1.29 is 19.5 Å². The highest BCUT2D eigenvalue weighted by Gasteiger charge is 2.30. The summed E-state index contributed by atoms with van der Waals surface area (Å²) >= 11 is 0. The van der Waals surface area contributed by atoms with E-state index >= 15 is 0 Å². The Morgan fingerprint density at radius 3 is 2.65 bits per heavy atom. The topological polar surface area (TPSA) is 122 Å². The molecule has 2 amide bonds. The predicted octanol–water partition coefficient (Wildman–Crippen LogP) is -0.391. The average molecular weight is 241 g/mol. The van der Waals surface area contributed by atoms with Gasteiger partial charge in [0.05, 0.1) is 0 Å². The first-order chi connectivity index (χ1) is 8.00. The molecule has 0 saturated carbocycles. The molecular formula is C10H15N3O4. The third kappa shape index (κ3) is 4.21. The number of carbonyl (C=O) groups excluding carboxylic acids is 2. The zero-order valence-corrected chi connectivity index (χ0v) is 9.31. The molecule has 7 heteroatoms. The van der Waals surface area contributed by atoms with Crippen LogP contribution in [0.25, 0.3) is 0 Å². The zero-order valence-electron chi connectivity index (χ0n) is 9.31. The van der Waals surface area contributed by atoms with Crippen LogP contribution in [0, 0.1) is 5.92 Å². The van der Waals surface area contributed by atoms with Gasteiger partial charge in [-0.2, -0.15) is 4.99 Å². The Morgan fingerprint density at radius 1 is 1.35 bits per heavy atom. The molecule has 0 bridgehead atoms. The number of hydrogen-bond acceptors (Lipinski definition) is 4. The van der Waals surface area contributed by atoms with E-state index in [1.807, 2.05) is 0 Å². The van der Waals surface area contributed by atoms with E-state index in [2.05, 4.69) is 10.3 Å². The number of rotatable bonds is 6. The van der Waals surface area contributed by atoms with Crippen LogP contribution in [0.2, 0.25) is 0 Å². The van der Waals surface area contributed by atoms with E-state index in [1.165, 1.54) is 0 Å². The minimum Gasteiger partial charge on any atom is -0.481 e. The number of nitrogens with one attached hydrogen (secondary N) is 1. The summed E-state index contributed by atoms with van der Waals surface area (Å²) < 4.78 is 0. The van der Waals surface area contributed by atoms with E-state index in [0.717, 1.165) is 0 Å². The molecule has 1 rings (SSSR count). The van der Waals surface area contributed by atoms with Crippen molar-refractivity contribution in [1.29, 1.82) is 0 Å². The van der Waals surface area contributed by atoms with E-state index in [9.17, 15) is 14.4 Å². The first-order valence-electron chi connectivity index (χ1n) is 5.41. The molecule has 1 unspecified atom stereocenters. The summed E-state index contributed by atoms with van der Waals surface area (Å²) in [6.07, 6.45) is 2.31. The van der Waals surface area contributed by atoms with Crippen molar-refractivity contribution in [3.8, 4) is 0 Å². The number of guanidine groups is 1. The number of carboxylic acids is 1. The highest BCUT2D eigenvalue weighted by Crippen LogP contribution is 2.14. The standard InChI is InChI=1S/C10H15N3O4/c11-10-12-8(16)6(9(17)13-10)4-2-1-3-5-7(14)15/h6H,1-5H2,(H,14,15)(H3,11,12,13,16,17). The molecule has 0 aromatic rings. The van der Waals surface area contributed by atoms with Crippen LogP contribution in [-0.2, 0) is 14.4 Å². The number of hydrogen-bond donors (Lipinski definition) is 3. The molecule has 0 aromatic heterocycles.